The van der Waals surface area contributed by atoms with E-state index in [1.165, 1.54) is 38.5 Å². The first-order chi connectivity index (χ1) is 5.95. The van der Waals surface area contributed by atoms with E-state index < -0.39 is 0 Å². The molecule has 3 unspecified atom stereocenters. The van der Waals surface area contributed by atoms with Crippen LogP contribution in [0.25, 0.3) is 0 Å². The first-order valence-corrected chi connectivity index (χ1v) is 5.64. The van der Waals surface area contributed by atoms with Gasteiger partial charge in [0.15, 0.2) is 0 Å². The van der Waals surface area contributed by atoms with Gasteiger partial charge in [-0.2, -0.15) is 0 Å². The van der Waals surface area contributed by atoms with Crippen molar-refractivity contribution >= 4 is 0 Å². The third-order valence-electron chi connectivity index (χ3n) is 4.37. The quantitative estimate of drug-likeness (QED) is 0.478. The Morgan fingerprint density at radius 2 is 2.08 bits per heavy atom. The van der Waals surface area contributed by atoms with Crippen LogP contribution in [0, 0.1) is 17.8 Å². The Balaban J connectivity index is 1.90. The van der Waals surface area contributed by atoms with Crippen LogP contribution >= 0.6 is 0 Å². The molecule has 3 atom stereocenters. The van der Waals surface area contributed by atoms with Crippen LogP contribution in [0.15, 0.2) is 11.6 Å². The molecule has 3 aliphatic rings. The Labute approximate surface area is 75.0 Å². The van der Waals surface area contributed by atoms with Gasteiger partial charge >= 0.3 is 0 Å². The molecular weight excluding hydrogens is 144 g/mol. The maximum atomic E-state index is 2.59. The second-order valence-electron chi connectivity index (χ2n) is 4.87. The molecule has 0 bridgehead atoms. The minimum atomic E-state index is 1.05. The highest BCUT2D eigenvalue weighted by molar-refractivity contribution is 5.18. The molecule has 0 spiro atoms. The molecular formula is C12H18. The molecule has 2 fully saturated rings. The molecule has 0 saturated heterocycles. The molecule has 0 heterocycles. The summed E-state index contributed by atoms with van der Waals surface area (Å²) >= 11 is 0. The van der Waals surface area contributed by atoms with Crippen molar-refractivity contribution in [2.45, 2.75) is 44.9 Å². The van der Waals surface area contributed by atoms with Crippen LogP contribution in [0.3, 0.4) is 0 Å². The third-order valence-corrected chi connectivity index (χ3v) is 4.37. The predicted octanol–water partition coefficient (Wildman–Crippen LogP) is 3.53. The first-order valence-electron chi connectivity index (χ1n) is 5.64. The van der Waals surface area contributed by atoms with E-state index in [4.69, 9.17) is 0 Å². The van der Waals surface area contributed by atoms with E-state index in [1.807, 2.05) is 5.57 Å². The Kier molecular flexibility index (Phi) is 1.56. The number of fused-ring (bicyclic) bond motifs is 3. The van der Waals surface area contributed by atoms with E-state index in [1.54, 1.807) is 6.42 Å². The standard InChI is InChI=1S/C12H18/c1-3-9-7-8-10-4-2-6-12(10)11(9)5-1/h7,10-12H,1-6,8H2. The number of hydrogen-bond acceptors (Lipinski definition) is 0. The zero-order valence-electron chi connectivity index (χ0n) is 7.76. The lowest BCUT2D eigenvalue weighted by Gasteiger charge is -2.30. The van der Waals surface area contributed by atoms with E-state index in [0.717, 1.165) is 17.8 Å². The van der Waals surface area contributed by atoms with Crippen molar-refractivity contribution < 1.29 is 0 Å². The van der Waals surface area contributed by atoms with Crippen LogP contribution in [0.5, 0.6) is 0 Å². The fourth-order valence-electron chi connectivity index (χ4n) is 3.83. The average molecular weight is 162 g/mol. The second-order valence-corrected chi connectivity index (χ2v) is 4.87. The molecule has 3 rings (SSSR count). The van der Waals surface area contributed by atoms with E-state index in [0.29, 0.717) is 0 Å². The fourth-order valence-corrected chi connectivity index (χ4v) is 3.83. The van der Waals surface area contributed by atoms with E-state index in [2.05, 4.69) is 6.08 Å². The van der Waals surface area contributed by atoms with Gasteiger partial charge < -0.3 is 0 Å². The minimum absolute atomic E-state index is 1.05. The van der Waals surface area contributed by atoms with Gasteiger partial charge in [0.05, 0.1) is 0 Å². The number of hydrogen-bond donors (Lipinski definition) is 0. The second kappa shape index (κ2) is 2.61. The Morgan fingerprint density at radius 3 is 3.08 bits per heavy atom. The molecule has 0 aromatic carbocycles. The van der Waals surface area contributed by atoms with Crippen LogP contribution in [0.4, 0.5) is 0 Å². The Hall–Kier alpha value is -0.260. The van der Waals surface area contributed by atoms with Gasteiger partial charge in [-0.1, -0.05) is 18.1 Å². The summed E-state index contributed by atoms with van der Waals surface area (Å²) in [6.45, 7) is 0. The van der Waals surface area contributed by atoms with E-state index in [-0.39, 0.29) is 0 Å². The van der Waals surface area contributed by atoms with Gasteiger partial charge in [-0.3, -0.25) is 0 Å². The summed E-state index contributed by atoms with van der Waals surface area (Å²) in [5.74, 6) is 3.26. The highest BCUT2D eigenvalue weighted by Gasteiger charge is 2.39. The van der Waals surface area contributed by atoms with Crippen molar-refractivity contribution in [2.75, 3.05) is 0 Å². The van der Waals surface area contributed by atoms with E-state index in [9.17, 15) is 0 Å². The topological polar surface area (TPSA) is 0 Å². The molecule has 0 aromatic heterocycles. The number of allylic oxidation sites excluding steroid dienone is 2. The lowest BCUT2D eigenvalue weighted by molar-refractivity contribution is 0.281. The zero-order chi connectivity index (χ0) is 7.97. The van der Waals surface area contributed by atoms with Gasteiger partial charge in [0.25, 0.3) is 0 Å². The predicted molar refractivity (Wildman–Crippen MR) is 50.9 cm³/mol. The normalized spacial score (nSPS) is 45.3. The lowest BCUT2D eigenvalue weighted by Crippen LogP contribution is -2.21. The van der Waals surface area contributed by atoms with Crippen LogP contribution in [0.1, 0.15) is 44.9 Å². The van der Waals surface area contributed by atoms with Gasteiger partial charge in [0.1, 0.15) is 0 Å². The van der Waals surface area contributed by atoms with E-state index >= 15 is 0 Å². The van der Waals surface area contributed by atoms with Crippen LogP contribution in [0.2, 0.25) is 0 Å². The summed E-state index contributed by atoms with van der Waals surface area (Å²) in [6, 6.07) is 0. The van der Waals surface area contributed by atoms with Crippen molar-refractivity contribution in [1.82, 2.24) is 0 Å². The van der Waals surface area contributed by atoms with Crippen molar-refractivity contribution in [3.63, 3.8) is 0 Å². The highest BCUT2D eigenvalue weighted by Crippen LogP contribution is 2.50. The van der Waals surface area contributed by atoms with Crippen molar-refractivity contribution in [1.29, 1.82) is 0 Å². The molecule has 0 N–H and O–H groups in total. The molecule has 0 radical (unpaired) electrons. The molecule has 0 aromatic rings. The van der Waals surface area contributed by atoms with Crippen LogP contribution in [-0.2, 0) is 0 Å². The summed E-state index contributed by atoms with van der Waals surface area (Å²) in [6.07, 6.45) is 13.1. The molecule has 0 nitrogen and oxygen atoms in total. The van der Waals surface area contributed by atoms with Gasteiger partial charge in [-0.25, -0.2) is 0 Å². The third kappa shape index (κ3) is 0.901. The molecule has 0 amide bonds. The van der Waals surface area contributed by atoms with Crippen molar-refractivity contribution in [3.8, 4) is 0 Å². The van der Waals surface area contributed by atoms with Crippen molar-refractivity contribution in [3.05, 3.63) is 11.6 Å². The summed E-state index contributed by atoms with van der Waals surface area (Å²) in [5, 5.41) is 0. The monoisotopic (exact) mass is 162 g/mol. The van der Waals surface area contributed by atoms with Gasteiger partial charge in [-0.15, -0.1) is 0 Å². The molecule has 3 aliphatic carbocycles. The fraction of sp³-hybridized carbons (Fsp3) is 0.833. The highest BCUT2D eigenvalue weighted by atomic mass is 14.4. The molecule has 0 aliphatic heterocycles. The lowest BCUT2D eigenvalue weighted by atomic mass is 9.75. The molecule has 2 saturated carbocycles. The maximum Gasteiger partial charge on any atom is -0.0172 e. The molecule has 66 valence electrons. The number of rotatable bonds is 0. The van der Waals surface area contributed by atoms with Crippen LogP contribution in [-0.4, -0.2) is 0 Å². The van der Waals surface area contributed by atoms with Crippen molar-refractivity contribution in [2.24, 2.45) is 17.8 Å². The minimum Gasteiger partial charge on any atom is -0.0848 e. The van der Waals surface area contributed by atoms with Gasteiger partial charge in [0, 0.05) is 0 Å². The smallest absolute Gasteiger partial charge is 0.0172 e. The van der Waals surface area contributed by atoms with Gasteiger partial charge in [-0.05, 0) is 56.3 Å². The maximum absolute atomic E-state index is 2.59. The zero-order valence-corrected chi connectivity index (χ0v) is 7.76. The average Bonchev–Trinajstić information content (AvgIpc) is 2.71. The largest absolute Gasteiger partial charge is 0.0848 e. The SMILES string of the molecule is C1=C2CCCC2C2CCCC2C1. The molecule has 0 heteroatoms. The van der Waals surface area contributed by atoms with Gasteiger partial charge in [0.2, 0.25) is 0 Å². The summed E-state index contributed by atoms with van der Waals surface area (Å²) in [5.41, 5.74) is 1.85. The summed E-state index contributed by atoms with van der Waals surface area (Å²) in [7, 11) is 0. The Morgan fingerprint density at radius 1 is 1.08 bits per heavy atom. The summed E-state index contributed by atoms with van der Waals surface area (Å²) < 4.78 is 0. The first kappa shape index (κ1) is 7.17. The molecule has 12 heavy (non-hydrogen) atoms. The van der Waals surface area contributed by atoms with Crippen LogP contribution < -0.4 is 0 Å². The Bertz CT molecular complexity index is 214. The summed E-state index contributed by atoms with van der Waals surface area (Å²) in [4.78, 5) is 0.